The third kappa shape index (κ3) is 7.40. The smallest absolute Gasteiger partial charge is 0.337 e. The summed E-state index contributed by atoms with van der Waals surface area (Å²) in [5, 5.41) is 17.6. The standard InChI is InChI=1S/C25H25N3O5.C2H6/c1-3-21(18-7-5-4-6-8-18)27-24(29)20-13-14-22(23(15-20)28(31)32)26-16-17-9-11-19(12-10-17)25(30)33-2;1-2/h4-15,21,26H,3,16H2,1-2H3,(H,27,29);1-2H3. The van der Waals surface area contributed by atoms with E-state index >= 15 is 0 Å². The van der Waals surface area contributed by atoms with E-state index in [4.69, 9.17) is 0 Å². The molecule has 1 atom stereocenters. The van der Waals surface area contributed by atoms with Crippen LogP contribution in [-0.2, 0) is 11.3 Å². The van der Waals surface area contributed by atoms with E-state index in [1.165, 1.54) is 19.2 Å². The van der Waals surface area contributed by atoms with Crippen molar-refractivity contribution in [2.45, 2.75) is 39.8 Å². The van der Waals surface area contributed by atoms with E-state index in [1.807, 2.05) is 51.1 Å². The first-order valence-corrected chi connectivity index (χ1v) is 11.5. The van der Waals surface area contributed by atoms with Crippen molar-refractivity contribution in [3.63, 3.8) is 0 Å². The lowest BCUT2D eigenvalue weighted by Crippen LogP contribution is -2.28. The summed E-state index contributed by atoms with van der Waals surface area (Å²) < 4.78 is 4.67. The largest absolute Gasteiger partial charge is 0.465 e. The Balaban J connectivity index is 0.00000210. The maximum Gasteiger partial charge on any atom is 0.337 e. The molecule has 0 heterocycles. The molecule has 0 saturated carbocycles. The van der Waals surface area contributed by atoms with E-state index in [0.717, 1.165) is 11.1 Å². The maximum absolute atomic E-state index is 12.8. The Kier molecular flexibility index (Phi) is 10.4. The van der Waals surface area contributed by atoms with Gasteiger partial charge in [0.2, 0.25) is 0 Å². The molecule has 3 rings (SSSR count). The summed E-state index contributed by atoms with van der Waals surface area (Å²) in [7, 11) is 1.31. The molecular weight excluding hydrogens is 446 g/mol. The summed E-state index contributed by atoms with van der Waals surface area (Å²) in [5.74, 6) is -0.810. The number of rotatable bonds is 9. The average molecular weight is 478 g/mol. The predicted molar refractivity (Wildman–Crippen MR) is 136 cm³/mol. The van der Waals surface area contributed by atoms with Crippen molar-refractivity contribution < 1.29 is 19.2 Å². The molecule has 3 aromatic rings. The number of methoxy groups -OCH3 is 1. The molecule has 1 unspecified atom stereocenters. The van der Waals surface area contributed by atoms with Gasteiger partial charge in [-0.15, -0.1) is 0 Å². The third-order valence-corrected chi connectivity index (χ3v) is 5.23. The highest BCUT2D eigenvalue weighted by atomic mass is 16.6. The predicted octanol–water partition coefficient (Wildman–Crippen LogP) is 5.90. The van der Waals surface area contributed by atoms with Crippen LogP contribution in [0.4, 0.5) is 11.4 Å². The monoisotopic (exact) mass is 477 g/mol. The fourth-order valence-corrected chi connectivity index (χ4v) is 3.40. The van der Waals surface area contributed by atoms with Gasteiger partial charge in [0.1, 0.15) is 5.69 Å². The molecule has 184 valence electrons. The Morgan fingerprint density at radius 1 is 0.971 bits per heavy atom. The summed E-state index contributed by atoms with van der Waals surface area (Å²) >= 11 is 0. The molecule has 0 aromatic heterocycles. The Morgan fingerprint density at radius 3 is 2.17 bits per heavy atom. The molecule has 0 radical (unpaired) electrons. The van der Waals surface area contributed by atoms with Crippen molar-refractivity contribution in [1.29, 1.82) is 0 Å². The van der Waals surface area contributed by atoms with Gasteiger partial charge >= 0.3 is 5.97 Å². The van der Waals surface area contributed by atoms with Gasteiger partial charge in [-0.3, -0.25) is 14.9 Å². The SMILES string of the molecule is CC.CCC(NC(=O)c1ccc(NCc2ccc(C(=O)OC)cc2)c([N+](=O)[O-])c1)c1ccccc1. The van der Waals surface area contributed by atoms with Crippen LogP contribution in [0.15, 0.2) is 72.8 Å². The van der Waals surface area contributed by atoms with Gasteiger partial charge in [-0.2, -0.15) is 0 Å². The van der Waals surface area contributed by atoms with Gasteiger partial charge in [0.05, 0.1) is 23.6 Å². The molecule has 0 aliphatic rings. The Morgan fingerprint density at radius 2 is 1.60 bits per heavy atom. The number of hydrogen-bond acceptors (Lipinski definition) is 6. The number of nitro groups is 1. The first-order chi connectivity index (χ1) is 16.9. The second-order valence-corrected chi connectivity index (χ2v) is 7.38. The highest BCUT2D eigenvalue weighted by Crippen LogP contribution is 2.27. The summed E-state index contributed by atoms with van der Waals surface area (Å²) in [5.41, 5.74) is 2.53. The van der Waals surface area contributed by atoms with Crippen LogP contribution in [0.1, 0.15) is 65.1 Å². The fourth-order valence-electron chi connectivity index (χ4n) is 3.40. The summed E-state index contributed by atoms with van der Waals surface area (Å²) in [6.07, 6.45) is 0.687. The minimum atomic E-state index is -0.520. The van der Waals surface area contributed by atoms with Gasteiger partial charge < -0.3 is 15.4 Å². The number of nitrogens with one attached hydrogen (secondary N) is 2. The van der Waals surface area contributed by atoms with Gasteiger partial charge in [-0.1, -0.05) is 63.2 Å². The van der Waals surface area contributed by atoms with E-state index in [9.17, 15) is 19.7 Å². The van der Waals surface area contributed by atoms with Gasteiger partial charge in [0, 0.05) is 18.2 Å². The second kappa shape index (κ2) is 13.5. The summed E-state index contributed by atoms with van der Waals surface area (Å²) in [4.78, 5) is 35.4. The molecule has 8 nitrogen and oxygen atoms in total. The molecule has 0 aliphatic carbocycles. The van der Waals surface area contributed by atoms with Crippen LogP contribution in [0.2, 0.25) is 0 Å². The maximum atomic E-state index is 12.8. The van der Waals surface area contributed by atoms with Crippen LogP contribution in [0.5, 0.6) is 0 Å². The normalized spacial score (nSPS) is 10.9. The molecule has 35 heavy (non-hydrogen) atoms. The van der Waals surface area contributed by atoms with E-state index in [1.54, 1.807) is 30.3 Å². The lowest BCUT2D eigenvalue weighted by Gasteiger charge is -2.17. The molecule has 3 aromatic carbocycles. The number of nitrogens with zero attached hydrogens (tertiary/aromatic N) is 1. The molecule has 0 saturated heterocycles. The van der Waals surface area contributed by atoms with Crippen molar-refractivity contribution >= 4 is 23.3 Å². The molecule has 0 bridgehead atoms. The number of anilines is 1. The van der Waals surface area contributed by atoms with Crippen LogP contribution in [0.3, 0.4) is 0 Å². The summed E-state index contributed by atoms with van der Waals surface area (Å²) in [6, 6.07) is 20.5. The zero-order valence-corrected chi connectivity index (χ0v) is 20.4. The van der Waals surface area contributed by atoms with Crippen LogP contribution in [0.25, 0.3) is 0 Å². The number of nitro benzene ring substituents is 1. The number of esters is 1. The van der Waals surface area contributed by atoms with E-state index in [2.05, 4.69) is 15.4 Å². The topological polar surface area (TPSA) is 111 Å². The van der Waals surface area contributed by atoms with Crippen molar-refractivity contribution in [3.05, 3.63) is 105 Å². The lowest BCUT2D eigenvalue weighted by molar-refractivity contribution is -0.384. The van der Waals surface area contributed by atoms with Gasteiger partial charge in [0.15, 0.2) is 0 Å². The zero-order chi connectivity index (χ0) is 25.8. The summed E-state index contributed by atoms with van der Waals surface area (Å²) in [6.45, 7) is 6.27. The molecule has 2 N–H and O–H groups in total. The van der Waals surface area contributed by atoms with Crippen molar-refractivity contribution in [2.75, 3.05) is 12.4 Å². The quantitative estimate of drug-likeness (QED) is 0.225. The van der Waals surface area contributed by atoms with Crippen LogP contribution in [-0.4, -0.2) is 23.9 Å². The number of ether oxygens (including phenoxy) is 1. The molecule has 0 fully saturated rings. The van der Waals surface area contributed by atoms with Crippen LogP contribution in [0, 0.1) is 10.1 Å². The van der Waals surface area contributed by atoms with E-state index < -0.39 is 10.9 Å². The Bertz CT molecular complexity index is 1130. The van der Waals surface area contributed by atoms with Crippen molar-refractivity contribution in [2.24, 2.45) is 0 Å². The molecular formula is C27H31N3O5. The number of carbonyl (C=O) groups is 2. The number of carbonyl (C=O) groups excluding carboxylic acids is 2. The van der Waals surface area contributed by atoms with Crippen LogP contribution >= 0.6 is 0 Å². The first-order valence-electron chi connectivity index (χ1n) is 11.5. The average Bonchev–Trinajstić information content (AvgIpc) is 2.91. The van der Waals surface area contributed by atoms with Crippen LogP contribution < -0.4 is 10.6 Å². The van der Waals surface area contributed by atoms with Crippen molar-refractivity contribution in [3.8, 4) is 0 Å². The number of benzene rings is 3. The molecule has 8 heteroatoms. The first kappa shape index (κ1) is 27.0. The fraction of sp³-hybridized carbons (Fsp3) is 0.259. The Labute approximate surface area is 205 Å². The van der Waals surface area contributed by atoms with Crippen molar-refractivity contribution in [1.82, 2.24) is 5.32 Å². The highest BCUT2D eigenvalue weighted by Gasteiger charge is 2.20. The van der Waals surface area contributed by atoms with Gasteiger partial charge in [-0.25, -0.2) is 4.79 Å². The third-order valence-electron chi connectivity index (χ3n) is 5.23. The van der Waals surface area contributed by atoms with Gasteiger partial charge in [0.25, 0.3) is 11.6 Å². The zero-order valence-electron chi connectivity index (χ0n) is 20.4. The molecule has 1 amide bonds. The second-order valence-electron chi connectivity index (χ2n) is 7.38. The van der Waals surface area contributed by atoms with Gasteiger partial charge in [-0.05, 0) is 41.8 Å². The minimum Gasteiger partial charge on any atom is -0.465 e. The molecule has 0 spiro atoms. The van der Waals surface area contributed by atoms with E-state index in [0.29, 0.717) is 24.2 Å². The molecule has 0 aliphatic heterocycles. The number of hydrogen-bond donors (Lipinski definition) is 2. The highest BCUT2D eigenvalue weighted by molar-refractivity contribution is 5.96. The lowest BCUT2D eigenvalue weighted by atomic mass is 10.0. The Hall–Kier alpha value is -4.20. The number of amides is 1. The minimum absolute atomic E-state index is 0.191. The van der Waals surface area contributed by atoms with E-state index in [-0.39, 0.29) is 23.2 Å².